The van der Waals surface area contributed by atoms with Crippen molar-refractivity contribution in [2.24, 2.45) is 11.8 Å². The van der Waals surface area contributed by atoms with Crippen molar-refractivity contribution >= 4 is 35.9 Å². The van der Waals surface area contributed by atoms with Crippen molar-refractivity contribution in [1.29, 1.82) is 0 Å². The van der Waals surface area contributed by atoms with Gasteiger partial charge in [0.25, 0.3) is 17.7 Å². The first-order chi connectivity index (χ1) is 29.5. The van der Waals surface area contributed by atoms with Crippen LogP contribution in [0.4, 0.5) is 18.4 Å². The van der Waals surface area contributed by atoms with Gasteiger partial charge in [-0.3, -0.25) is 24.1 Å². The topological polar surface area (TPSA) is 179 Å². The van der Waals surface area contributed by atoms with Gasteiger partial charge in [0.15, 0.2) is 6.10 Å². The summed E-state index contributed by atoms with van der Waals surface area (Å²) >= 11 is 0. The third-order valence-electron chi connectivity index (χ3n) is 10.7. The van der Waals surface area contributed by atoms with E-state index < -0.39 is 77.3 Å². The van der Waals surface area contributed by atoms with E-state index >= 15 is 4.39 Å². The molecular formula is C44H52F2N6O10. The molecule has 0 aliphatic carbocycles. The van der Waals surface area contributed by atoms with E-state index in [-0.39, 0.29) is 56.4 Å². The number of carbonyl (C=O) groups excluding carboxylic acids is 6. The van der Waals surface area contributed by atoms with E-state index in [0.717, 1.165) is 40.8 Å². The summed E-state index contributed by atoms with van der Waals surface area (Å²) in [7, 11) is 0. The number of hydrogen-bond donors (Lipinski definition) is 1. The Hall–Kier alpha value is -6.17. The fraction of sp³-hybridized carbons (Fsp3) is 0.477. The molecule has 0 spiro atoms. The van der Waals surface area contributed by atoms with Gasteiger partial charge in [0, 0.05) is 82.7 Å². The Kier molecular flexibility index (Phi) is 14.4. The maximum Gasteiger partial charge on any atom is 0.410 e. The first-order valence-electron chi connectivity index (χ1n) is 20.5. The molecule has 4 atom stereocenters. The van der Waals surface area contributed by atoms with Crippen molar-refractivity contribution in [2.45, 2.75) is 77.9 Å². The Balaban J connectivity index is 1.41. The Labute approximate surface area is 358 Å². The first kappa shape index (κ1) is 45.4. The maximum atomic E-state index is 15.4. The number of nitrogens with zero attached hydrogens (tertiary/aromatic N) is 5. The highest BCUT2D eigenvalue weighted by Gasteiger charge is 2.45. The molecule has 1 N–H and O–H groups in total. The fourth-order valence-electron chi connectivity index (χ4n) is 7.89. The van der Waals surface area contributed by atoms with E-state index in [1.165, 1.54) is 23.6 Å². The highest BCUT2D eigenvalue weighted by atomic mass is 19.1. The molecule has 18 heteroatoms. The fourth-order valence-corrected chi connectivity index (χ4v) is 7.89. The number of esters is 1. The van der Waals surface area contributed by atoms with Gasteiger partial charge in [-0.25, -0.2) is 23.4 Å². The largest absolute Gasteiger partial charge is 0.453 e. The number of hydrogen-bond acceptors (Lipinski definition) is 11. The van der Waals surface area contributed by atoms with Crippen LogP contribution < -0.4 is 5.32 Å². The zero-order chi connectivity index (χ0) is 44.7. The lowest BCUT2D eigenvalue weighted by molar-refractivity contribution is -0.160. The van der Waals surface area contributed by atoms with E-state index in [4.69, 9.17) is 23.9 Å². The van der Waals surface area contributed by atoms with Crippen LogP contribution in [0.1, 0.15) is 64.9 Å². The molecule has 3 aliphatic rings. The summed E-state index contributed by atoms with van der Waals surface area (Å²) in [5, 5.41) is 2.56. The number of amides is 5. The molecule has 332 valence electrons. The zero-order valence-electron chi connectivity index (χ0n) is 35.4. The number of carbonyl (C=O) groups is 6. The molecule has 16 nitrogen and oxygen atoms in total. The minimum absolute atomic E-state index is 0.0280. The normalized spacial score (nSPS) is 19.0. The molecule has 0 bridgehead atoms. The highest BCUT2D eigenvalue weighted by molar-refractivity contribution is 6.12. The Morgan fingerprint density at radius 2 is 1.69 bits per heavy atom. The third-order valence-corrected chi connectivity index (χ3v) is 10.7. The summed E-state index contributed by atoms with van der Waals surface area (Å²) in [5.41, 5.74) is 0.0144. The average Bonchev–Trinajstić information content (AvgIpc) is 3.91. The standard InChI is InChI=1S/C44H52F2N6O10/c1-27(60-28(2)53)41(56)52(24-31-23-50(43(58)62-44(3,4)5)26-36(31)61-42(57)47-17-18-51-37(54)13-14-38(51)55)39(30-15-19-59-20-16-30)40-48-35(33-21-32(45)11-12-34(33)46)25-49(40)22-29-9-7-6-8-10-29/h6-14,21,25,27,30-31,36,39H,15-20,22-24,26H2,1-5H3,(H,47,57)/t27-,31-,36+,39+/m0/s1. The minimum Gasteiger partial charge on any atom is -0.453 e. The first-order valence-corrected chi connectivity index (χ1v) is 20.5. The number of ether oxygens (including phenoxy) is 4. The van der Waals surface area contributed by atoms with Crippen LogP contribution in [0.25, 0.3) is 11.3 Å². The van der Waals surface area contributed by atoms with Crippen molar-refractivity contribution in [2.75, 3.05) is 45.9 Å². The number of halogens is 2. The van der Waals surface area contributed by atoms with Gasteiger partial charge >= 0.3 is 18.2 Å². The number of rotatable bonds is 14. The molecule has 0 unspecified atom stereocenters. The average molecular weight is 863 g/mol. The van der Waals surface area contributed by atoms with Crippen LogP contribution >= 0.6 is 0 Å². The van der Waals surface area contributed by atoms with Crippen LogP contribution in [0.15, 0.2) is 66.9 Å². The molecule has 5 amide bonds. The van der Waals surface area contributed by atoms with Crippen molar-refractivity contribution in [3.8, 4) is 11.3 Å². The second-order valence-corrected chi connectivity index (χ2v) is 16.5. The van der Waals surface area contributed by atoms with Crippen LogP contribution in [0.3, 0.4) is 0 Å². The number of imide groups is 1. The molecule has 1 aromatic heterocycles. The summed E-state index contributed by atoms with van der Waals surface area (Å²) in [4.78, 5) is 87.0. The number of nitrogens with one attached hydrogen (secondary N) is 1. The second-order valence-electron chi connectivity index (χ2n) is 16.5. The van der Waals surface area contributed by atoms with Gasteiger partial charge in [-0.05, 0) is 70.2 Å². The molecule has 0 radical (unpaired) electrons. The third kappa shape index (κ3) is 11.4. The van der Waals surface area contributed by atoms with Crippen LogP contribution in [0.2, 0.25) is 0 Å². The van der Waals surface area contributed by atoms with Gasteiger partial charge in [0.05, 0.1) is 18.3 Å². The summed E-state index contributed by atoms with van der Waals surface area (Å²) in [6.45, 7) is 8.14. The molecule has 4 heterocycles. The minimum atomic E-state index is -1.30. The lowest BCUT2D eigenvalue weighted by Gasteiger charge is -2.41. The summed E-state index contributed by atoms with van der Waals surface area (Å²) in [6, 6.07) is 11.6. The molecule has 2 fully saturated rings. The number of benzene rings is 2. The summed E-state index contributed by atoms with van der Waals surface area (Å²) in [6.07, 6.45) is 0.906. The molecule has 2 saturated heterocycles. The molecule has 3 aromatic rings. The van der Waals surface area contributed by atoms with E-state index in [0.29, 0.717) is 31.9 Å². The van der Waals surface area contributed by atoms with Gasteiger partial charge in [-0.15, -0.1) is 0 Å². The molecule has 3 aliphatic heterocycles. The van der Waals surface area contributed by atoms with Crippen molar-refractivity contribution < 1.29 is 56.5 Å². The molecule has 0 saturated carbocycles. The number of likely N-dealkylation sites (tertiary alicyclic amines) is 1. The Bertz CT molecular complexity index is 2150. The van der Waals surface area contributed by atoms with Crippen LogP contribution in [0.5, 0.6) is 0 Å². The van der Waals surface area contributed by atoms with Crippen molar-refractivity contribution in [3.05, 3.63) is 89.9 Å². The Morgan fingerprint density at radius 1 is 1.00 bits per heavy atom. The smallest absolute Gasteiger partial charge is 0.410 e. The monoisotopic (exact) mass is 862 g/mol. The quantitative estimate of drug-likeness (QED) is 0.131. The summed E-state index contributed by atoms with van der Waals surface area (Å²) in [5.74, 6) is -4.47. The van der Waals surface area contributed by atoms with Crippen LogP contribution in [0, 0.1) is 23.5 Å². The Morgan fingerprint density at radius 3 is 2.35 bits per heavy atom. The SMILES string of the molecule is CC(=O)O[C@@H](C)C(=O)N(C[C@@H]1CN(C(=O)OC(C)(C)C)C[C@H]1OC(=O)NCCN1C(=O)C=CC1=O)[C@@H](c1nc(-c2cc(F)ccc2F)cn1Cc1ccccc1)C1CCOCC1. The van der Waals surface area contributed by atoms with Crippen molar-refractivity contribution in [1.82, 2.24) is 29.6 Å². The van der Waals surface area contributed by atoms with Gasteiger partial charge in [0.1, 0.15) is 29.2 Å². The lowest BCUT2D eigenvalue weighted by Crippen LogP contribution is -2.50. The van der Waals surface area contributed by atoms with Gasteiger partial charge in [-0.2, -0.15) is 0 Å². The van der Waals surface area contributed by atoms with Crippen molar-refractivity contribution in [3.63, 3.8) is 0 Å². The number of imidazole rings is 1. The zero-order valence-corrected chi connectivity index (χ0v) is 35.4. The number of alkyl carbamates (subject to hydrolysis) is 1. The number of aromatic nitrogens is 2. The molecule has 62 heavy (non-hydrogen) atoms. The van der Waals surface area contributed by atoms with Crippen LogP contribution in [-0.2, 0) is 44.7 Å². The maximum absolute atomic E-state index is 15.4. The second kappa shape index (κ2) is 19.7. The van der Waals surface area contributed by atoms with Gasteiger partial charge in [0.2, 0.25) is 0 Å². The van der Waals surface area contributed by atoms with E-state index in [1.807, 2.05) is 30.3 Å². The van der Waals surface area contributed by atoms with Crippen LogP contribution in [-0.4, -0.2) is 124 Å². The molecule has 6 rings (SSSR count). The molecule has 2 aromatic carbocycles. The van der Waals surface area contributed by atoms with E-state index in [1.54, 1.807) is 31.5 Å². The molecular weight excluding hydrogens is 811 g/mol. The lowest BCUT2D eigenvalue weighted by atomic mass is 9.88. The highest BCUT2D eigenvalue weighted by Crippen LogP contribution is 2.39. The van der Waals surface area contributed by atoms with E-state index in [2.05, 4.69) is 5.32 Å². The van der Waals surface area contributed by atoms with Gasteiger partial charge < -0.3 is 38.6 Å². The summed E-state index contributed by atoms with van der Waals surface area (Å²) < 4.78 is 54.7. The predicted octanol–water partition coefficient (Wildman–Crippen LogP) is 5.01. The van der Waals surface area contributed by atoms with Gasteiger partial charge in [-0.1, -0.05) is 30.3 Å². The predicted molar refractivity (Wildman–Crippen MR) is 218 cm³/mol. The van der Waals surface area contributed by atoms with E-state index in [9.17, 15) is 33.2 Å².